The van der Waals surface area contributed by atoms with Crippen LogP contribution >= 0.6 is 0 Å². The standard InChI is InChI=1S/C15H30N2/c1-4-17-8-7-14(11-17)10-16-15-9-12(2)5-6-13(15)3/h12-16H,4-11H2,1-3H3. The third kappa shape index (κ3) is 3.69. The minimum absolute atomic E-state index is 0.787. The highest BCUT2D eigenvalue weighted by Gasteiger charge is 2.27. The van der Waals surface area contributed by atoms with E-state index >= 15 is 0 Å². The summed E-state index contributed by atoms with van der Waals surface area (Å²) in [6, 6.07) is 0.787. The highest BCUT2D eigenvalue weighted by Crippen LogP contribution is 2.28. The lowest BCUT2D eigenvalue weighted by Crippen LogP contribution is -2.42. The van der Waals surface area contributed by atoms with Gasteiger partial charge in [-0.3, -0.25) is 0 Å². The molecule has 1 aliphatic carbocycles. The van der Waals surface area contributed by atoms with Crippen molar-refractivity contribution < 1.29 is 0 Å². The maximum absolute atomic E-state index is 3.86. The zero-order valence-electron chi connectivity index (χ0n) is 11.9. The Hall–Kier alpha value is -0.0800. The fraction of sp³-hybridized carbons (Fsp3) is 1.00. The average Bonchev–Trinajstić information content (AvgIpc) is 2.78. The lowest BCUT2D eigenvalue weighted by Gasteiger charge is -2.34. The van der Waals surface area contributed by atoms with Crippen LogP contribution in [-0.2, 0) is 0 Å². The van der Waals surface area contributed by atoms with Crippen LogP contribution in [0.4, 0.5) is 0 Å². The van der Waals surface area contributed by atoms with E-state index in [0.717, 1.165) is 23.8 Å². The van der Waals surface area contributed by atoms with Gasteiger partial charge in [-0.1, -0.05) is 27.2 Å². The van der Waals surface area contributed by atoms with Gasteiger partial charge in [0.1, 0.15) is 0 Å². The van der Waals surface area contributed by atoms with Crippen molar-refractivity contribution in [1.29, 1.82) is 0 Å². The maximum atomic E-state index is 3.86. The summed E-state index contributed by atoms with van der Waals surface area (Å²) in [5.41, 5.74) is 0. The van der Waals surface area contributed by atoms with Crippen LogP contribution in [0.25, 0.3) is 0 Å². The van der Waals surface area contributed by atoms with Gasteiger partial charge in [0.2, 0.25) is 0 Å². The van der Waals surface area contributed by atoms with Gasteiger partial charge in [0, 0.05) is 12.6 Å². The van der Waals surface area contributed by atoms with Crippen molar-refractivity contribution in [2.75, 3.05) is 26.2 Å². The Kier molecular flexibility index (Phi) is 4.87. The molecule has 4 atom stereocenters. The van der Waals surface area contributed by atoms with E-state index in [4.69, 9.17) is 0 Å². The van der Waals surface area contributed by atoms with Crippen LogP contribution in [-0.4, -0.2) is 37.1 Å². The third-order valence-electron chi connectivity index (χ3n) is 4.94. The van der Waals surface area contributed by atoms with Crippen LogP contribution in [0.5, 0.6) is 0 Å². The second kappa shape index (κ2) is 6.19. The predicted octanol–water partition coefficient (Wildman–Crippen LogP) is 2.74. The van der Waals surface area contributed by atoms with Crippen LogP contribution in [0.3, 0.4) is 0 Å². The van der Waals surface area contributed by atoms with E-state index in [1.807, 2.05) is 0 Å². The topological polar surface area (TPSA) is 15.3 Å². The smallest absolute Gasteiger partial charge is 0.00953 e. The summed E-state index contributed by atoms with van der Waals surface area (Å²) < 4.78 is 0. The molecule has 1 aliphatic heterocycles. The molecule has 2 aliphatic rings. The van der Waals surface area contributed by atoms with Gasteiger partial charge in [0.25, 0.3) is 0 Å². The number of rotatable bonds is 4. The van der Waals surface area contributed by atoms with Crippen LogP contribution in [0.2, 0.25) is 0 Å². The highest BCUT2D eigenvalue weighted by atomic mass is 15.1. The summed E-state index contributed by atoms with van der Waals surface area (Å²) >= 11 is 0. The largest absolute Gasteiger partial charge is 0.313 e. The Labute approximate surface area is 107 Å². The highest BCUT2D eigenvalue weighted by molar-refractivity contribution is 4.84. The molecule has 1 N–H and O–H groups in total. The Morgan fingerprint density at radius 2 is 2.00 bits per heavy atom. The van der Waals surface area contributed by atoms with Crippen molar-refractivity contribution in [1.82, 2.24) is 10.2 Å². The number of hydrogen-bond acceptors (Lipinski definition) is 2. The fourth-order valence-electron chi connectivity index (χ4n) is 3.50. The first kappa shape index (κ1) is 13.4. The Bertz CT molecular complexity index is 229. The van der Waals surface area contributed by atoms with Gasteiger partial charge in [-0.15, -0.1) is 0 Å². The van der Waals surface area contributed by atoms with Crippen molar-refractivity contribution in [3.05, 3.63) is 0 Å². The van der Waals surface area contributed by atoms with Gasteiger partial charge in [-0.05, 0) is 56.7 Å². The number of nitrogens with zero attached hydrogens (tertiary/aromatic N) is 1. The molecule has 0 bridgehead atoms. The first-order valence-corrected chi connectivity index (χ1v) is 7.64. The van der Waals surface area contributed by atoms with Gasteiger partial charge >= 0.3 is 0 Å². The third-order valence-corrected chi connectivity index (χ3v) is 4.94. The Morgan fingerprint density at radius 3 is 2.71 bits per heavy atom. The van der Waals surface area contributed by atoms with E-state index in [1.165, 1.54) is 51.9 Å². The zero-order valence-corrected chi connectivity index (χ0v) is 11.9. The zero-order chi connectivity index (χ0) is 12.3. The molecule has 0 amide bonds. The van der Waals surface area contributed by atoms with E-state index in [2.05, 4.69) is 31.0 Å². The summed E-state index contributed by atoms with van der Waals surface area (Å²) in [7, 11) is 0. The molecule has 2 rings (SSSR count). The first-order valence-electron chi connectivity index (χ1n) is 7.64. The molecule has 1 heterocycles. The number of hydrogen-bond donors (Lipinski definition) is 1. The van der Waals surface area contributed by atoms with E-state index in [9.17, 15) is 0 Å². The number of nitrogens with one attached hydrogen (secondary N) is 1. The lowest BCUT2D eigenvalue weighted by atomic mass is 9.80. The Balaban J connectivity index is 1.70. The summed E-state index contributed by atoms with van der Waals surface area (Å²) in [6.45, 7) is 12.2. The molecule has 100 valence electrons. The van der Waals surface area contributed by atoms with Crippen molar-refractivity contribution >= 4 is 0 Å². The van der Waals surface area contributed by atoms with Crippen LogP contribution in [0.15, 0.2) is 0 Å². The van der Waals surface area contributed by atoms with Crippen LogP contribution < -0.4 is 5.32 Å². The normalized spacial score (nSPS) is 39.7. The summed E-state index contributed by atoms with van der Waals surface area (Å²) in [6.07, 6.45) is 5.65. The van der Waals surface area contributed by atoms with Gasteiger partial charge in [0.15, 0.2) is 0 Å². The summed E-state index contributed by atoms with van der Waals surface area (Å²) in [4.78, 5) is 2.58. The van der Waals surface area contributed by atoms with Crippen molar-refractivity contribution in [2.45, 2.75) is 52.5 Å². The van der Waals surface area contributed by atoms with Gasteiger partial charge in [0.05, 0.1) is 0 Å². The van der Waals surface area contributed by atoms with Gasteiger partial charge < -0.3 is 10.2 Å². The van der Waals surface area contributed by atoms with E-state index in [1.54, 1.807) is 0 Å². The quantitative estimate of drug-likeness (QED) is 0.810. The lowest BCUT2D eigenvalue weighted by molar-refractivity contribution is 0.220. The monoisotopic (exact) mass is 238 g/mol. The molecule has 4 unspecified atom stereocenters. The molecule has 0 aromatic heterocycles. The fourth-order valence-corrected chi connectivity index (χ4v) is 3.50. The maximum Gasteiger partial charge on any atom is 0.00953 e. The molecule has 2 nitrogen and oxygen atoms in total. The van der Waals surface area contributed by atoms with Crippen molar-refractivity contribution in [3.63, 3.8) is 0 Å². The van der Waals surface area contributed by atoms with Crippen LogP contribution in [0.1, 0.15) is 46.5 Å². The molecule has 17 heavy (non-hydrogen) atoms. The summed E-state index contributed by atoms with van der Waals surface area (Å²) in [5, 5.41) is 3.86. The van der Waals surface area contributed by atoms with E-state index in [-0.39, 0.29) is 0 Å². The van der Waals surface area contributed by atoms with Crippen molar-refractivity contribution in [3.8, 4) is 0 Å². The molecular weight excluding hydrogens is 208 g/mol. The van der Waals surface area contributed by atoms with E-state index < -0.39 is 0 Å². The summed E-state index contributed by atoms with van der Waals surface area (Å²) in [5.74, 6) is 2.72. The number of likely N-dealkylation sites (tertiary alicyclic amines) is 1. The second-order valence-electron chi connectivity index (χ2n) is 6.46. The van der Waals surface area contributed by atoms with Crippen molar-refractivity contribution in [2.24, 2.45) is 17.8 Å². The average molecular weight is 238 g/mol. The molecule has 0 aromatic carbocycles. The molecular formula is C15H30N2. The molecule has 2 fully saturated rings. The molecule has 1 saturated carbocycles. The SMILES string of the molecule is CCN1CCC(CNC2CC(C)CCC2C)C1. The molecule has 1 saturated heterocycles. The second-order valence-corrected chi connectivity index (χ2v) is 6.46. The molecule has 0 spiro atoms. The molecule has 2 heteroatoms. The van der Waals surface area contributed by atoms with Gasteiger partial charge in [-0.2, -0.15) is 0 Å². The minimum atomic E-state index is 0.787. The Morgan fingerprint density at radius 1 is 1.18 bits per heavy atom. The predicted molar refractivity (Wildman–Crippen MR) is 74.2 cm³/mol. The van der Waals surface area contributed by atoms with E-state index in [0.29, 0.717) is 0 Å². The minimum Gasteiger partial charge on any atom is -0.313 e. The molecule has 0 aromatic rings. The molecule has 0 radical (unpaired) electrons. The van der Waals surface area contributed by atoms with Gasteiger partial charge in [-0.25, -0.2) is 0 Å². The van der Waals surface area contributed by atoms with Crippen LogP contribution in [0, 0.1) is 17.8 Å². The first-order chi connectivity index (χ1) is 8.19.